The molecule has 6 heteroatoms. The lowest BCUT2D eigenvalue weighted by molar-refractivity contribution is -0.184. The van der Waals surface area contributed by atoms with Gasteiger partial charge in [-0.25, -0.2) is 4.90 Å². The topological polar surface area (TPSA) is 74.8 Å². The number of anilines is 1. The number of β-lactam (4-membered cyclic amide) rings is 4. The number of aryl methyl sites for hydroxylation is 1. The second-order valence-electron chi connectivity index (χ2n) is 6.70. The van der Waals surface area contributed by atoms with Gasteiger partial charge < -0.3 is 0 Å². The van der Waals surface area contributed by atoms with E-state index in [2.05, 4.69) is 6.07 Å². The van der Waals surface area contributed by atoms with E-state index in [1.165, 1.54) is 18.2 Å². The van der Waals surface area contributed by atoms with Crippen LogP contribution in [-0.4, -0.2) is 35.6 Å². The summed E-state index contributed by atoms with van der Waals surface area (Å²) < 4.78 is 0. The van der Waals surface area contributed by atoms with Crippen LogP contribution in [-0.2, 0) is 25.6 Å². The summed E-state index contributed by atoms with van der Waals surface area (Å²) in [6.45, 7) is 2.03. The second kappa shape index (κ2) is 5.36. The predicted molar refractivity (Wildman–Crippen MR) is 93.1 cm³/mol. The Morgan fingerprint density at radius 3 is 2.00 bits per heavy atom. The Kier molecular flexibility index (Phi) is 3.34. The number of rotatable bonds is 3. The molecule has 2 aliphatic heterocycles. The van der Waals surface area contributed by atoms with Gasteiger partial charge in [-0.3, -0.25) is 24.1 Å². The lowest BCUT2D eigenvalue weighted by Crippen LogP contribution is -2.83. The molecule has 0 aromatic heterocycles. The summed E-state index contributed by atoms with van der Waals surface area (Å²) in [7, 11) is 1.26. The molecule has 6 nitrogen and oxygen atoms in total. The number of carbonyl (C=O) groups is 4. The normalized spacial score (nSPS) is 18.2. The van der Waals surface area contributed by atoms with Gasteiger partial charge in [-0.15, -0.1) is 0 Å². The van der Waals surface area contributed by atoms with Crippen molar-refractivity contribution >= 4 is 29.3 Å². The molecule has 0 atom stereocenters. The highest BCUT2D eigenvalue weighted by Crippen LogP contribution is 2.46. The fraction of sp³-hybridized carbons (Fsp3) is 0.200. The summed E-state index contributed by atoms with van der Waals surface area (Å²) in [5, 5.41) is 0. The third kappa shape index (κ3) is 1.92. The number of benzene rings is 2. The first-order valence-corrected chi connectivity index (χ1v) is 8.23. The van der Waals surface area contributed by atoms with Crippen molar-refractivity contribution in [2.45, 2.75) is 13.3 Å². The molecule has 2 aromatic rings. The molecule has 0 N–H and O–H groups in total. The summed E-state index contributed by atoms with van der Waals surface area (Å²) in [4.78, 5) is 50.3. The fourth-order valence-electron chi connectivity index (χ4n) is 3.52. The molecule has 0 aliphatic carbocycles. The molecular weight excluding hydrogens is 332 g/mol. The zero-order valence-corrected chi connectivity index (χ0v) is 14.4. The third-order valence-corrected chi connectivity index (χ3v) is 4.98. The minimum Gasteiger partial charge on any atom is -0.282 e. The van der Waals surface area contributed by atoms with Crippen LogP contribution in [0.15, 0.2) is 48.5 Å². The first kappa shape index (κ1) is 16.2. The first-order chi connectivity index (χ1) is 12.4. The molecule has 2 aromatic carbocycles. The largest absolute Gasteiger partial charge is 0.285 e. The van der Waals surface area contributed by atoms with Crippen LogP contribution in [0.1, 0.15) is 16.7 Å². The van der Waals surface area contributed by atoms with E-state index in [1.807, 2.05) is 37.3 Å². The van der Waals surface area contributed by atoms with Gasteiger partial charge in [-0.1, -0.05) is 42.0 Å². The molecule has 0 saturated carbocycles. The van der Waals surface area contributed by atoms with E-state index in [-0.39, 0.29) is 0 Å². The van der Waals surface area contributed by atoms with E-state index in [0.717, 1.165) is 21.8 Å². The zero-order chi connectivity index (χ0) is 18.6. The molecule has 1 spiro atoms. The van der Waals surface area contributed by atoms with E-state index >= 15 is 0 Å². The van der Waals surface area contributed by atoms with Gasteiger partial charge in [0.05, 0.1) is 5.69 Å². The number of hydrogen-bond acceptors (Lipinski definition) is 4. The Hall–Kier alpha value is -3.28. The molecule has 0 radical (unpaired) electrons. The Balaban J connectivity index is 1.54. The Morgan fingerprint density at radius 1 is 0.808 bits per heavy atom. The number of nitrogens with zero attached hydrogens (tertiary/aromatic N) is 2. The predicted octanol–water partition coefficient (Wildman–Crippen LogP) is 1.44. The van der Waals surface area contributed by atoms with Crippen molar-refractivity contribution in [2.75, 3.05) is 11.9 Å². The summed E-state index contributed by atoms with van der Waals surface area (Å²) in [5.41, 5.74) is 1.64. The average Bonchev–Trinajstić information content (AvgIpc) is 2.63. The van der Waals surface area contributed by atoms with Crippen LogP contribution in [0.2, 0.25) is 0 Å². The van der Waals surface area contributed by atoms with E-state index < -0.39 is 29.0 Å². The lowest BCUT2D eigenvalue weighted by Gasteiger charge is -2.51. The highest BCUT2D eigenvalue weighted by molar-refractivity contribution is 6.59. The van der Waals surface area contributed by atoms with Gasteiger partial charge in [0, 0.05) is 7.05 Å². The molecule has 2 fully saturated rings. The van der Waals surface area contributed by atoms with Gasteiger partial charge in [0.2, 0.25) is 0 Å². The van der Waals surface area contributed by atoms with Gasteiger partial charge in [0.15, 0.2) is 0 Å². The monoisotopic (exact) mass is 348 g/mol. The lowest BCUT2D eigenvalue weighted by atomic mass is 9.69. The fourth-order valence-corrected chi connectivity index (χ4v) is 3.52. The Bertz CT molecular complexity index is 944. The number of carbonyl (C=O) groups excluding carboxylic acids is 4. The van der Waals surface area contributed by atoms with Gasteiger partial charge >= 0.3 is 0 Å². The molecule has 26 heavy (non-hydrogen) atoms. The minimum atomic E-state index is -2.12. The van der Waals surface area contributed by atoms with Gasteiger partial charge in [0.25, 0.3) is 29.0 Å². The van der Waals surface area contributed by atoms with Crippen molar-refractivity contribution in [2.24, 2.45) is 5.41 Å². The van der Waals surface area contributed by atoms with Crippen molar-refractivity contribution in [3.8, 4) is 0 Å². The van der Waals surface area contributed by atoms with Gasteiger partial charge in [-0.05, 0) is 36.6 Å². The molecule has 2 saturated heterocycles. The van der Waals surface area contributed by atoms with Crippen molar-refractivity contribution in [1.82, 2.24) is 4.90 Å². The number of imide groups is 2. The summed E-state index contributed by atoms with van der Waals surface area (Å²) in [6.07, 6.45) is 0.732. The number of hydrogen-bond donors (Lipinski definition) is 0. The van der Waals surface area contributed by atoms with Crippen LogP contribution in [0.5, 0.6) is 0 Å². The van der Waals surface area contributed by atoms with Crippen molar-refractivity contribution in [3.05, 3.63) is 65.2 Å². The van der Waals surface area contributed by atoms with Crippen LogP contribution < -0.4 is 4.90 Å². The van der Waals surface area contributed by atoms with E-state index in [1.54, 1.807) is 12.1 Å². The smallest absolute Gasteiger partial charge is 0.282 e. The molecule has 2 aliphatic rings. The van der Waals surface area contributed by atoms with E-state index in [0.29, 0.717) is 5.69 Å². The third-order valence-electron chi connectivity index (χ3n) is 4.98. The van der Waals surface area contributed by atoms with Crippen LogP contribution >= 0.6 is 0 Å². The molecule has 4 amide bonds. The maximum atomic E-state index is 12.4. The molecular formula is C20H16N2O4. The van der Waals surface area contributed by atoms with E-state index in [9.17, 15) is 19.2 Å². The van der Waals surface area contributed by atoms with Crippen LogP contribution in [0.4, 0.5) is 5.69 Å². The van der Waals surface area contributed by atoms with Crippen molar-refractivity contribution in [1.29, 1.82) is 0 Å². The zero-order valence-electron chi connectivity index (χ0n) is 14.4. The Labute approximate surface area is 150 Å². The SMILES string of the molecule is Cc1cccc(Cc2ccc(N3C(=O)C4(C(=O)N(C)C4=O)C3=O)cc2)c1. The van der Waals surface area contributed by atoms with Crippen molar-refractivity contribution in [3.63, 3.8) is 0 Å². The van der Waals surface area contributed by atoms with Gasteiger partial charge in [-0.2, -0.15) is 0 Å². The standard InChI is InChI=1S/C20H16N2O4/c1-12-4-3-5-14(10-12)11-13-6-8-15(9-7-13)22-18(25)20(19(22)26)16(23)21(2)17(20)24/h3-10H,11H2,1-2H3. The molecule has 0 bridgehead atoms. The van der Waals surface area contributed by atoms with Crippen LogP contribution in [0.25, 0.3) is 0 Å². The first-order valence-electron chi connectivity index (χ1n) is 8.23. The molecule has 0 unspecified atom stereocenters. The average molecular weight is 348 g/mol. The molecule has 4 rings (SSSR count). The number of amides is 4. The summed E-state index contributed by atoms with van der Waals surface area (Å²) >= 11 is 0. The maximum Gasteiger partial charge on any atom is 0.285 e. The highest BCUT2D eigenvalue weighted by atomic mass is 16.2. The molecule has 2 heterocycles. The number of likely N-dealkylation sites (tertiary alicyclic amines) is 1. The van der Waals surface area contributed by atoms with Crippen molar-refractivity contribution < 1.29 is 19.2 Å². The summed E-state index contributed by atoms with van der Waals surface area (Å²) in [5.74, 6) is -3.02. The van der Waals surface area contributed by atoms with E-state index in [4.69, 9.17) is 0 Å². The molecule has 130 valence electrons. The maximum absolute atomic E-state index is 12.4. The van der Waals surface area contributed by atoms with Crippen LogP contribution in [0.3, 0.4) is 0 Å². The summed E-state index contributed by atoms with van der Waals surface area (Å²) in [6, 6.07) is 15.2. The van der Waals surface area contributed by atoms with Crippen LogP contribution in [0, 0.1) is 12.3 Å². The second-order valence-corrected chi connectivity index (χ2v) is 6.70. The van der Waals surface area contributed by atoms with Gasteiger partial charge in [0.1, 0.15) is 0 Å². The quantitative estimate of drug-likeness (QED) is 0.621. The highest BCUT2D eigenvalue weighted by Gasteiger charge is 2.79. The Morgan fingerprint density at radius 2 is 1.42 bits per heavy atom. The minimum absolute atomic E-state index is 0.369.